The van der Waals surface area contributed by atoms with Crippen molar-refractivity contribution in [3.8, 4) is 0 Å². The monoisotopic (exact) mass is 220 g/mol. The third-order valence-electron chi connectivity index (χ3n) is 2.97. The van der Waals surface area contributed by atoms with Crippen molar-refractivity contribution in [1.29, 1.82) is 0 Å². The first-order chi connectivity index (χ1) is 8.42. The Morgan fingerprint density at radius 2 is 1.76 bits per heavy atom. The average molecular weight is 220 g/mol. The quantitative estimate of drug-likeness (QED) is 0.455. The third kappa shape index (κ3) is 1.16. The number of furan rings is 1. The Hall–Kier alpha value is -2.42. The van der Waals surface area contributed by atoms with E-state index in [1.54, 1.807) is 12.4 Å². The summed E-state index contributed by atoms with van der Waals surface area (Å²) in [7, 11) is 0. The number of aromatic nitrogens is 2. The minimum absolute atomic E-state index is 0.679. The van der Waals surface area contributed by atoms with E-state index in [-0.39, 0.29) is 0 Å². The molecule has 0 aliphatic rings. The van der Waals surface area contributed by atoms with Crippen LogP contribution in [0, 0.1) is 0 Å². The Balaban J connectivity index is 2.28. The van der Waals surface area contributed by atoms with Crippen molar-refractivity contribution >= 4 is 33.0 Å². The molecule has 0 spiro atoms. The number of benzene rings is 1. The van der Waals surface area contributed by atoms with Gasteiger partial charge >= 0.3 is 0 Å². The molecule has 0 fully saturated rings. The summed E-state index contributed by atoms with van der Waals surface area (Å²) in [5, 5.41) is 3.19. The Morgan fingerprint density at radius 1 is 0.882 bits per heavy atom. The summed E-state index contributed by atoms with van der Waals surface area (Å²) in [5.41, 5.74) is 2.52. The van der Waals surface area contributed by atoms with E-state index in [0.717, 1.165) is 27.3 Å². The molecule has 3 nitrogen and oxygen atoms in total. The molecule has 4 rings (SSSR count). The topological polar surface area (TPSA) is 38.9 Å². The number of hydrogen-bond acceptors (Lipinski definition) is 3. The lowest BCUT2D eigenvalue weighted by molar-refractivity contribution is 0.654. The van der Waals surface area contributed by atoms with E-state index in [2.05, 4.69) is 16.0 Å². The van der Waals surface area contributed by atoms with Gasteiger partial charge in [-0.3, -0.25) is 4.98 Å². The second-order valence-electron chi connectivity index (χ2n) is 4.00. The van der Waals surface area contributed by atoms with Crippen molar-refractivity contribution in [3.63, 3.8) is 0 Å². The number of fused-ring (bicyclic) bond motifs is 4. The lowest BCUT2D eigenvalue weighted by Crippen LogP contribution is -1.76. The Labute approximate surface area is 96.7 Å². The standard InChI is InChI=1S/C14H8N2O/c1-3-9-7-13-11(8-12(9)15-5-1)10-4-2-6-16-14(10)17-13/h1-8H. The van der Waals surface area contributed by atoms with Gasteiger partial charge in [-0.1, -0.05) is 6.07 Å². The van der Waals surface area contributed by atoms with Gasteiger partial charge in [-0.25, -0.2) is 4.98 Å². The molecule has 80 valence electrons. The maximum atomic E-state index is 5.72. The van der Waals surface area contributed by atoms with Crippen LogP contribution in [0.1, 0.15) is 0 Å². The van der Waals surface area contributed by atoms with Crippen LogP contribution in [-0.2, 0) is 0 Å². The molecule has 0 aliphatic heterocycles. The van der Waals surface area contributed by atoms with Gasteiger partial charge in [0.1, 0.15) is 5.58 Å². The number of rotatable bonds is 0. The molecule has 3 aromatic heterocycles. The van der Waals surface area contributed by atoms with Gasteiger partial charge in [-0.05, 0) is 30.3 Å². The van der Waals surface area contributed by atoms with Crippen molar-refractivity contribution in [2.45, 2.75) is 0 Å². The molecule has 0 bridgehead atoms. The van der Waals surface area contributed by atoms with E-state index in [4.69, 9.17) is 4.42 Å². The molecule has 0 unspecified atom stereocenters. The zero-order valence-electron chi connectivity index (χ0n) is 8.92. The first kappa shape index (κ1) is 8.70. The van der Waals surface area contributed by atoms with Crippen LogP contribution in [0.2, 0.25) is 0 Å². The van der Waals surface area contributed by atoms with Crippen molar-refractivity contribution in [2.75, 3.05) is 0 Å². The largest absolute Gasteiger partial charge is 0.438 e. The van der Waals surface area contributed by atoms with Crippen LogP contribution in [0.3, 0.4) is 0 Å². The van der Waals surface area contributed by atoms with Crippen molar-refractivity contribution in [3.05, 3.63) is 48.8 Å². The minimum atomic E-state index is 0.679. The molecule has 3 heteroatoms. The van der Waals surface area contributed by atoms with Crippen LogP contribution < -0.4 is 0 Å². The maximum Gasteiger partial charge on any atom is 0.227 e. The second-order valence-corrected chi connectivity index (χ2v) is 4.00. The fraction of sp³-hybridized carbons (Fsp3) is 0. The zero-order chi connectivity index (χ0) is 11.2. The smallest absolute Gasteiger partial charge is 0.227 e. The number of nitrogens with zero attached hydrogens (tertiary/aromatic N) is 2. The van der Waals surface area contributed by atoms with Gasteiger partial charge in [-0.15, -0.1) is 0 Å². The van der Waals surface area contributed by atoms with E-state index in [1.807, 2.05) is 30.3 Å². The fourth-order valence-electron chi connectivity index (χ4n) is 2.18. The van der Waals surface area contributed by atoms with Crippen LogP contribution >= 0.6 is 0 Å². The number of hydrogen-bond donors (Lipinski definition) is 0. The van der Waals surface area contributed by atoms with Crippen LogP contribution in [0.5, 0.6) is 0 Å². The highest BCUT2D eigenvalue weighted by Gasteiger charge is 2.08. The molecule has 0 saturated heterocycles. The van der Waals surface area contributed by atoms with Gasteiger partial charge in [0.15, 0.2) is 0 Å². The first-order valence-electron chi connectivity index (χ1n) is 5.44. The highest BCUT2D eigenvalue weighted by Crippen LogP contribution is 2.29. The zero-order valence-corrected chi connectivity index (χ0v) is 8.92. The van der Waals surface area contributed by atoms with Gasteiger partial charge < -0.3 is 4.42 Å². The summed E-state index contributed by atoms with van der Waals surface area (Å²) in [6.07, 6.45) is 3.54. The SMILES string of the molecule is c1cnc2cc3c(cc2c1)oc1ncccc13. The Morgan fingerprint density at radius 3 is 2.76 bits per heavy atom. The Bertz CT molecular complexity index is 842. The minimum Gasteiger partial charge on any atom is -0.438 e. The van der Waals surface area contributed by atoms with E-state index in [0.29, 0.717) is 5.71 Å². The molecule has 1 aromatic carbocycles. The molecule has 3 heterocycles. The lowest BCUT2D eigenvalue weighted by atomic mass is 10.1. The maximum absolute atomic E-state index is 5.72. The van der Waals surface area contributed by atoms with Gasteiger partial charge in [-0.2, -0.15) is 0 Å². The summed E-state index contributed by atoms with van der Waals surface area (Å²) in [6.45, 7) is 0. The molecular weight excluding hydrogens is 212 g/mol. The third-order valence-corrected chi connectivity index (χ3v) is 2.97. The first-order valence-corrected chi connectivity index (χ1v) is 5.44. The molecule has 17 heavy (non-hydrogen) atoms. The van der Waals surface area contributed by atoms with Gasteiger partial charge in [0.05, 0.1) is 5.52 Å². The van der Waals surface area contributed by atoms with E-state index in [1.165, 1.54) is 0 Å². The molecule has 4 aromatic rings. The van der Waals surface area contributed by atoms with Crippen molar-refractivity contribution in [1.82, 2.24) is 9.97 Å². The summed E-state index contributed by atoms with van der Waals surface area (Å²) in [5.74, 6) is 0. The lowest BCUT2D eigenvalue weighted by Gasteiger charge is -1.95. The van der Waals surface area contributed by atoms with Crippen molar-refractivity contribution < 1.29 is 4.42 Å². The fourth-order valence-corrected chi connectivity index (χ4v) is 2.18. The predicted molar refractivity (Wildman–Crippen MR) is 66.8 cm³/mol. The van der Waals surface area contributed by atoms with Crippen LogP contribution in [0.25, 0.3) is 33.0 Å². The van der Waals surface area contributed by atoms with Gasteiger partial charge in [0.2, 0.25) is 5.71 Å². The van der Waals surface area contributed by atoms with Crippen LogP contribution in [0.15, 0.2) is 53.2 Å². The molecule has 0 atom stereocenters. The normalized spacial score (nSPS) is 11.5. The highest BCUT2D eigenvalue weighted by atomic mass is 16.3. The van der Waals surface area contributed by atoms with Crippen LogP contribution in [-0.4, -0.2) is 9.97 Å². The summed E-state index contributed by atoms with van der Waals surface area (Å²) >= 11 is 0. The molecule has 0 amide bonds. The Kier molecular flexibility index (Phi) is 1.56. The van der Waals surface area contributed by atoms with E-state index >= 15 is 0 Å². The summed E-state index contributed by atoms with van der Waals surface area (Å²) in [6, 6.07) is 12.0. The summed E-state index contributed by atoms with van der Waals surface area (Å²) in [4.78, 5) is 8.58. The van der Waals surface area contributed by atoms with Gasteiger partial charge in [0, 0.05) is 28.6 Å². The van der Waals surface area contributed by atoms with E-state index < -0.39 is 0 Å². The molecule has 0 N–H and O–H groups in total. The second kappa shape index (κ2) is 3.04. The van der Waals surface area contributed by atoms with Crippen molar-refractivity contribution in [2.24, 2.45) is 0 Å². The van der Waals surface area contributed by atoms with Crippen LogP contribution in [0.4, 0.5) is 0 Å². The average Bonchev–Trinajstić information content (AvgIpc) is 2.73. The molecule has 0 aliphatic carbocycles. The highest BCUT2D eigenvalue weighted by molar-refractivity contribution is 6.08. The molecule has 0 saturated carbocycles. The van der Waals surface area contributed by atoms with Gasteiger partial charge in [0.25, 0.3) is 0 Å². The number of pyridine rings is 2. The molecular formula is C14H8N2O. The molecule has 0 radical (unpaired) electrons. The predicted octanol–water partition coefficient (Wildman–Crippen LogP) is 3.53. The van der Waals surface area contributed by atoms with E-state index in [9.17, 15) is 0 Å². The summed E-state index contributed by atoms with van der Waals surface area (Å²) < 4.78 is 5.72.